The average Bonchev–Trinajstić information content (AvgIpc) is 2.95. The topological polar surface area (TPSA) is 46.9 Å². The largest absolute Gasteiger partial charge is 0.351 e. The predicted octanol–water partition coefficient (Wildman–Crippen LogP) is 5.33. The molecule has 0 fully saturated rings. The summed E-state index contributed by atoms with van der Waals surface area (Å²) in [5.41, 5.74) is 2.14. The van der Waals surface area contributed by atoms with Crippen molar-refractivity contribution >= 4 is 29.1 Å². The van der Waals surface area contributed by atoms with Crippen LogP contribution in [0.1, 0.15) is 35.5 Å². The normalized spacial score (nSPS) is 11.5. The summed E-state index contributed by atoms with van der Waals surface area (Å²) in [6.45, 7) is 6.19. The number of benzene rings is 2. The lowest BCUT2D eigenvalue weighted by Gasteiger charge is -2.25. The number of halogens is 3. The number of carbonyl (C=O) groups is 1. The van der Waals surface area contributed by atoms with E-state index in [1.807, 2.05) is 38.1 Å². The maximum Gasteiger partial charge on any atom is 0.256 e. The molecule has 0 atom stereocenters. The van der Waals surface area contributed by atoms with E-state index in [2.05, 4.69) is 10.4 Å². The summed E-state index contributed by atoms with van der Waals surface area (Å²) in [5, 5.41) is 8.12. The molecule has 28 heavy (non-hydrogen) atoms. The van der Waals surface area contributed by atoms with Gasteiger partial charge in [-0.05, 0) is 48.9 Å². The predicted molar refractivity (Wildman–Crippen MR) is 110 cm³/mol. The first kappa shape index (κ1) is 20.4. The monoisotopic (exact) mass is 419 g/mol. The van der Waals surface area contributed by atoms with Crippen LogP contribution in [-0.4, -0.2) is 22.2 Å². The van der Waals surface area contributed by atoms with Gasteiger partial charge in [-0.25, -0.2) is 9.07 Å². The molecule has 146 valence electrons. The van der Waals surface area contributed by atoms with Gasteiger partial charge in [0, 0.05) is 17.0 Å². The molecule has 7 heteroatoms. The summed E-state index contributed by atoms with van der Waals surface area (Å²) in [7, 11) is 0. The molecule has 0 aliphatic carbocycles. The van der Waals surface area contributed by atoms with Gasteiger partial charge in [-0.15, -0.1) is 0 Å². The van der Waals surface area contributed by atoms with Crippen molar-refractivity contribution in [3.05, 3.63) is 81.3 Å². The van der Waals surface area contributed by atoms with Gasteiger partial charge in [0.15, 0.2) is 0 Å². The number of aryl methyl sites for hydroxylation is 1. The van der Waals surface area contributed by atoms with Crippen LogP contribution in [0.25, 0.3) is 5.69 Å². The lowest BCUT2D eigenvalue weighted by Crippen LogP contribution is -2.36. The van der Waals surface area contributed by atoms with Crippen molar-refractivity contribution in [2.24, 2.45) is 0 Å². The van der Waals surface area contributed by atoms with Gasteiger partial charge < -0.3 is 5.32 Å². The zero-order valence-corrected chi connectivity index (χ0v) is 17.3. The van der Waals surface area contributed by atoms with Gasteiger partial charge in [0.1, 0.15) is 11.0 Å². The van der Waals surface area contributed by atoms with E-state index in [0.29, 0.717) is 28.5 Å². The van der Waals surface area contributed by atoms with Crippen molar-refractivity contribution in [1.29, 1.82) is 0 Å². The van der Waals surface area contributed by atoms with E-state index in [1.165, 1.54) is 16.8 Å². The summed E-state index contributed by atoms with van der Waals surface area (Å²) in [6.07, 6.45) is 0. The SMILES string of the molecule is Cc1nn(-c2ccc(F)cc2)c(Cl)c1C(=O)NCC(C)(C)c1ccc(Cl)cc1. The standard InChI is InChI=1S/C21H20Cl2FN3O/c1-13-18(19(23)27(26-13)17-10-8-16(24)9-11-17)20(28)25-12-21(2,3)14-4-6-15(22)7-5-14/h4-11H,12H2,1-3H3,(H,25,28). The maximum atomic E-state index is 13.2. The average molecular weight is 420 g/mol. The van der Waals surface area contributed by atoms with Gasteiger partial charge in [0.25, 0.3) is 5.91 Å². The number of rotatable bonds is 5. The molecule has 3 rings (SSSR count). The molecule has 1 heterocycles. The van der Waals surface area contributed by atoms with Crippen molar-refractivity contribution in [2.75, 3.05) is 6.54 Å². The molecule has 1 N–H and O–H groups in total. The highest BCUT2D eigenvalue weighted by atomic mass is 35.5. The first-order valence-electron chi connectivity index (χ1n) is 8.74. The fourth-order valence-corrected chi connectivity index (χ4v) is 3.39. The Labute approximate surface area is 173 Å². The van der Waals surface area contributed by atoms with Crippen LogP contribution in [0.4, 0.5) is 4.39 Å². The number of amides is 1. The highest BCUT2D eigenvalue weighted by Gasteiger charge is 2.25. The summed E-state index contributed by atoms with van der Waals surface area (Å²) in [6, 6.07) is 13.3. The lowest BCUT2D eigenvalue weighted by molar-refractivity contribution is 0.0945. The van der Waals surface area contributed by atoms with Crippen molar-refractivity contribution in [1.82, 2.24) is 15.1 Å². The number of carbonyl (C=O) groups excluding carboxylic acids is 1. The maximum absolute atomic E-state index is 13.2. The number of nitrogens with zero attached hydrogens (tertiary/aromatic N) is 2. The minimum atomic E-state index is -0.355. The number of hydrogen-bond acceptors (Lipinski definition) is 2. The van der Waals surface area contributed by atoms with E-state index >= 15 is 0 Å². The molecule has 3 aromatic rings. The first-order valence-corrected chi connectivity index (χ1v) is 9.50. The molecule has 4 nitrogen and oxygen atoms in total. The van der Waals surface area contributed by atoms with Crippen molar-refractivity contribution in [3.8, 4) is 5.69 Å². The van der Waals surface area contributed by atoms with E-state index in [9.17, 15) is 9.18 Å². The number of nitrogens with one attached hydrogen (secondary N) is 1. The molecule has 0 radical (unpaired) electrons. The number of hydrogen-bond donors (Lipinski definition) is 1. The van der Waals surface area contributed by atoms with E-state index in [4.69, 9.17) is 23.2 Å². The minimum Gasteiger partial charge on any atom is -0.351 e. The van der Waals surface area contributed by atoms with Crippen LogP contribution >= 0.6 is 23.2 Å². The van der Waals surface area contributed by atoms with Crippen molar-refractivity contribution < 1.29 is 9.18 Å². The van der Waals surface area contributed by atoms with Crippen LogP contribution in [0, 0.1) is 12.7 Å². The molecule has 0 saturated carbocycles. The second-order valence-electron chi connectivity index (χ2n) is 7.21. The Morgan fingerprint density at radius 3 is 2.32 bits per heavy atom. The third-order valence-electron chi connectivity index (χ3n) is 4.62. The fourth-order valence-electron chi connectivity index (χ4n) is 2.90. The molecule has 0 aliphatic rings. The van der Waals surface area contributed by atoms with Gasteiger partial charge in [-0.2, -0.15) is 5.10 Å². The Balaban J connectivity index is 1.79. The third-order valence-corrected chi connectivity index (χ3v) is 5.22. The van der Waals surface area contributed by atoms with Crippen LogP contribution in [-0.2, 0) is 5.41 Å². The van der Waals surface area contributed by atoms with E-state index in [1.54, 1.807) is 19.1 Å². The zero-order valence-electron chi connectivity index (χ0n) is 15.8. The Bertz CT molecular complexity index is 996. The van der Waals surface area contributed by atoms with Crippen LogP contribution in [0.5, 0.6) is 0 Å². The second kappa shape index (κ2) is 7.94. The molecular weight excluding hydrogens is 400 g/mol. The van der Waals surface area contributed by atoms with Crippen molar-refractivity contribution in [2.45, 2.75) is 26.2 Å². The van der Waals surface area contributed by atoms with Gasteiger partial charge in [0.2, 0.25) is 0 Å². The molecule has 0 bridgehead atoms. The quantitative estimate of drug-likeness (QED) is 0.606. The van der Waals surface area contributed by atoms with Crippen molar-refractivity contribution in [3.63, 3.8) is 0 Å². The zero-order chi connectivity index (χ0) is 20.5. The molecule has 0 aliphatic heterocycles. The summed E-state index contributed by atoms with van der Waals surface area (Å²) in [4.78, 5) is 12.8. The van der Waals surface area contributed by atoms with E-state index in [0.717, 1.165) is 5.56 Å². The third kappa shape index (κ3) is 4.21. The minimum absolute atomic E-state index is 0.186. The van der Waals surface area contributed by atoms with Gasteiger partial charge in [-0.3, -0.25) is 4.79 Å². The van der Waals surface area contributed by atoms with Crippen LogP contribution in [0.2, 0.25) is 10.2 Å². The molecule has 0 saturated heterocycles. The van der Waals surface area contributed by atoms with Crippen LogP contribution in [0.3, 0.4) is 0 Å². The Morgan fingerprint density at radius 1 is 1.11 bits per heavy atom. The molecular formula is C21H20Cl2FN3O. The fraction of sp³-hybridized carbons (Fsp3) is 0.238. The Hall–Kier alpha value is -2.37. The Morgan fingerprint density at radius 2 is 1.71 bits per heavy atom. The lowest BCUT2D eigenvalue weighted by atomic mass is 9.84. The van der Waals surface area contributed by atoms with Crippen LogP contribution < -0.4 is 5.32 Å². The molecule has 1 amide bonds. The highest BCUT2D eigenvalue weighted by Crippen LogP contribution is 2.26. The highest BCUT2D eigenvalue weighted by molar-refractivity contribution is 6.33. The van der Waals surface area contributed by atoms with Gasteiger partial charge in [-0.1, -0.05) is 49.2 Å². The molecule has 0 unspecified atom stereocenters. The summed E-state index contributed by atoms with van der Waals surface area (Å²) < 4.78 is 14.6. The Kier molecular flexibility index (Phi) is 5.77. The second-order valence-corrected chi connectivity index (χ2v) is 8.01. The van der Waals surface area contributed by atoms with Gasteiger partial charge in [0.05, 0.1) is 16.9 Å². The van der Waals surface area contributed by atoms with Gasteiger partial charge >= 0.3 is 0 Å². The summed E-state index contributed by atoms with van der Waals surface area (Å²) >= 11 is 12.4. The van der Waals surface area contributed by atoms with E-state index < -0.39 is 0 Å². The smallest absolute Gasteiger partial charge is 0.256 e. The molecule has 2 aromatic carbocycles. The molecule has 1 aromatic heterocycles. The number of aromatic nitrogens is 2. The van der Waals surface area contributed by atoms with Crippen LogP contribution in [0.15, 0.2) is 48.5 Å². The first-order chi connectivity index (χ1) is 13.2. The summed E-state index contributed by atoms with van der Waals surface area (Å²) in [5.74, 6) is -0.663. The van der Waals surface area contributed by atoms with E-state index in [-0.39, 0.29) is 22.3 Å². The molecule has 0 spiro atoms.